The van der Waals surface area contributed by atoms with Gasteiger partial charge in [0.05, 0.1) is 12.1 Å². The van der Waals surface area contributed by atoms with E-state index in [2.05, 4.69) is 31.5 Å². The number of hydrogen-bond donors (Lipinski definition) is 3. The van der Waals surface area contributed by atoms with E-state index < -0.39 is 5.82 Å². The molecule has 1 aromatic heterocycles. The maximum absolute atomic E-state index is 14.1. The van der Waals surface area contributed by atoms with Gasteiger partial charge in [0, 0.05) is 23.1 Å². The van der Waals surface area contributed by atoms with Gasteiger partial charge in [-0.25, -0.2) is 9.18 Å². The molecule has 3 heterocycles. The number of benzene rings is 1. The molecule has 154 valence electrons. The molecule has 2 aliphatic rings. The van der Waals surface area contributed by atoms with Gasteiger partial charge in [0.15, 0.2) is 5.82 Å². The van der Waals surface area contributed by atoms with Gasteiger partial charge in [-0.3, -0.25) is 4.79 Å². The summed E-state index contributed by atoms with van der Waals surface area (Å²) in [6, 6.07) is 4.64. The number of amides is 3. The maximum atomic E-state index is 14.1. The summed E-state index contributed by atoms with van der Waals surface area (Å²) in [7, 11) is 0. The summed E-state index contributed by atoms with van der Waals surface area (Å²) in [5, 5.41) is 20.1. The predicted octanol–water partition coefficient (Wildman–Crippen LogP) is 1.77. The average molecular weight is 419 g/mol. The Morgan fingerprint density at radius 3 is 3.03 bits per heavy atom. The van der Waals surface area contributed by atoms with Crippen molar-refractivity contribution in [1.29, 1.82) is 0 Å². The van der Waals surface area contributed by atoms with Crippen LogP contribution in [0.1, 0.15) is 31.5 Å². The highest BCUT2D eigenvalue weighted by atomic mass is 32.2. The zero-order chi connectivity index (χ0) is 20.4. The number of fused-ring (bicyclic) bond motifs is 1. The Balaban J connectivity index is 1.25. The van der Waals surface area contributed by atoms with Crippen LogP contribution < -0.4 is 16.0 Å². The minimum atomic E-state index is -0.473. The molecule has 0 spiro atoms. The van der Waals surface area contributed by atoms with Crippen molar-refractivity contribution in [2.75, 3.05) is 11.1 Å². The third-order valence-electron chi connectivity index (χ3n) is 5.16. The van der Waals surface area contributed by atoms with Crippen molar-refractivity contribution in [3.05, 3.63) is 29.8 Å². The monoisotopic (exact) mass is 419 g/mol. The highest BCUT2D eigenvalue weighted by Gasteiger charge is 2.42. The SMILES string of the molecule is Cc1nnnn1-c1cc(NC(=O)CCCC[C@@H]2SC[C@@H]3NC(=O)N[C@@H]32)ccc1F. The topological polar surface area (TPSA) is 114 Å². The van der Waals surface area contributed by atoms with E-state index in [-0.39, 0.29) is 29.7 Å². The van der Waals surface area contributed by atoms with E-state index in [1.54, 1.807) is 6.92 Å². The molecule has 0 bridgehead atoms. The molecule has 4 rings (SSSR count). The first-order valence-electron chi connectivity index (χ1n) is 9.54. The van der Waals surface area contributed by atoms with Crippen LogP contribution in [0.2, 0.25) is 0 Å². The standard InChI is InChI=1S/C18H22FN7O2S/c1-10-23-24-25-26(10)14-8-11(6-7-12(14)19)20-16(27)5-3-2-4-15-17-13(9-29-15)21-18(28)22-17/h6-8,13,15,17H,2-5,9H2,1H3,(H,20,27)(H2,21,22,28)/t13-,15-,17-/m0/s1. The first-order valence-corrected chi connectivity index (χ1v) is 10.6. The molecule has 3 amide bonds. The van der Waals surface area contributed by atoms with Crippen molar-refractivity contribution in [2.45, 2.75) is 49.9 Å². The number of urea groups is 1. The van der Waals surface area contributed by atoms with Crippen LogP contribution >= 0.6 is 11.8 Å². The fourth-order valence-corrected chi connectivity index (χ4v) is 5.25. The molecule has 29 heavy (non-hydrogen) atoms. The minimum absolute atomic E-state index is 0.0831. The van der Waals surface area contributed by atoms with Gasteiger partial charge in [0.2, 0.25) is 5.91 Å². The molecule has 3 atom stereocenters. The van der Waals surface area contributed by atoms with Gasteiger partial charge in [0.1, 0.15) is 11.5 Å². The van der Waals surface area contributed by atoms with Crippen LogP contribution in [0.15, 0.2) is 18.2 Å². The van der Waals surface area contributed by atoms with Crippen LogP contribution in [0, 0.1) is 12.7 Å². The van der Waals surface area contributed by atoms with Crippen LogP contribution in [-0.4, -0.2) is 55.2 Å². The molecule has 0 radical (unpaired) electrons. The number of unbranched alkanes of at least 4 members (excludes halogenated alkanes) is 1. The highest BCUT2D eigenvalue weighted by molar-refractivity contribution is 8.00. The van der Waals surface area contributed by atoms with Gasteiger partial charge in [-0.1, -0.05) is 6.42 Å². The number of rotatable bonds is 7. The lowest BCUT2D eigenvalue weighted by Crippen LogP contribution is -2.36. The second kappa shape index (κ2) is 8.36. The zero-order valence-corrected chi connectivity index (χ0v) is 16.7. The number of nitrogens with one attached hydrogen (secondary N) is 3. The molecule has 0 saturated carbocycles. The van der Waals surface area contributed by atoms with E-state index in [1.807, 2.05) is 11.8 Å². The first kappa shape index (κ1) is 19.6. The Labute approximate surface area is 171 Å². The molecule has 2 aliphatic heterocycles. The number of hydrogen-bond acceptors (Lipinski definition) is 6. The van der Waals surface area contributed by atoms with Crippen LogP contribution in [0.5, 0.6) is 0 Å². The van der Waals surface area contributed by atoms with Crippen LogP contribution in [0.25, 0.3) is 5.69 Å². The van der Waals surface area contributed by atoms with E-state index in [4.69, 9.17) is 0 Å². The van der Waals surface area contributed by atoms with Crippen LogP contribution in [-0.2, 0) is 4.79 Å². The van der Waals surface area contributed by atoms with E-state index in [0.717, 1.165) is 25.0 Å². The van der Waals surface area contributed by atoms with Crippen molar-refractivity contribution >= 4 is 29.4 Å². The number of tetrazole rings is 1. The number of aromatic nitrogens is 4. The molecular weight excluding hydrogens is 397 g/mol. The lowest BCUT2D eigenvalue weighted by molar-refractivity contribution is -0.116. The van der Waals surface area contributed by atoms with Gasteiger partial charge >= 0.3 is 6.03 Å². The molecule has 2 fully saturated rings. The van der Waals surface area contributed by atoms with Gasteiger partial charge in [-0.2, -0.15) is 16.4 Å². The van der Waals surface area contributed by atoms with Crippen molar-refractivity contribution in [1.82, 2.24) is 30.8 Å². The summed E-state index contributed by atoms with van der Waals surface area (Å²) < 4.78 is 15.4. The third kappa shape index (κ3) is 4.34. The lowest BCUT2D eigenvalue weighted by atomic mass is 10.0. The van der Waals surface area contributed by atoms with E-state index in [0.29, 0.717) is 23.2 Å². The van der Waals surface area contributed by atoms with Crippen molar-refractivity contribution < 1.29 is 14.0 Å². The highest BCUT2D eigenvalue weighted by Crippen LogP contribution is 2.33. The molecule has 9 nitrogen and oxygen atoms in total. The average Bonchev–Trinajstić information content (AvgIpc) is 3.37. The fourth-order valence-electron chi connectivity index (χ4n) is 3.70. The normalized spacial score (nSPS) is 22.8. The molecule has 11 heteroatoms. The zero-order valence-electron chi connectivity index (χ0n) is 15.9. The van der Waals surface area contributed by atoms with E-state index in [9.17, 15) is 14.0 Å². The number of carbonyl (C=O) groups excluding carboxylic acids is 2. The molecule has 2 aromatic rings. The smallest absolute Gasteiger partial charge is 0.315 e. The summed E-state index contributed by atoms with van der Waals surface area (Å²) in [4.78, 5) is 23.7. The molecule has 3 N–H and O–H groups in total. The van der Waals surface area contributed by atoms with E-state index >= 15 is 0 Å². The number of nitrogens with zero attached hydrogens (tertiary/aromatic N) is 4. The number of anilines is 1. The Morgan fingerprint density at radius 2 is 2.24 bits per heavy atom. The van der Waals surface area contributed by atoms with Crippen molar-refractivity contribution in [2.24, 2.45) is 0 Å². The summed E-state index contributed by atoms with van der Waals surface area (Å²) in [6.45, 7) is 1.67. The summed E-state index contributed by atoms with van der Waals surface area (Å²) in [5.41, 5.74) is 0.681. The quantitative estimate of drug-likeness (QED) is 0.466. The van der Waals surface area contributed by atoms with Crippen molar-refractivity contribution in [3.8, 4) is 5.69 Å². The van der Waals surface area contributed by atoms with Crippen LogP contribution in [0.4, 0.5) is 14.9 Å². The number of thioether (sulfide) groups is 1. The number of halogens is 1. The minimum Gasteiger partial charge on any atom is -0.332 e. The molecule has 0 aliphatic carbocycles. The largest absolute Gasteiger partial charge is 0.332 e. The van der Waals surface area contributed by atoms with Gasteiger partial charge in [0.25, 0.3) is 0 Å². The second-order valence-corrected chi connectivity index (χ2v) is 8.49. The second-order valence-electron chi connectivity index (χ2n) is 7.22. The molecule has 1 aromatic carbocycles. The van der Waals surface area contributed by atoms with E-state index in [1.165, 1.54) is 22.9 Å². The van der Waals surface area contributed by atoms with Gasteiger partial charge in [-0.15, -0.1) is 5.10 Å². The number of aryl methyl sites for hydroxylation is 1. The molecule has 2 saturated heterocycles. The van der Waals surface area contributed by atoms with Crippen molar-refractivity contribution in [3.63, 3.8) is 0 Å². The van der Waals surface area contributed by atoms with Gasteiger partial charge in [-0.05, 0) is 48.4 Å². The Morgan fingerprint density at radius 1 is 1.38 bits per heavy atom. The number of carbonyl (C=O) groups is 2. The first-order chi connectivity index (χ1) is 14.0. The van der Waals surface area contributed by atoms with Gasteiger partial charge < -0.3 is 16.0 Å². The predicted molar refractivity (Wildman–Crippen MR) is 106 cm³/mol. The molecule has 0 unspecified atom stereocenters. The fraction of sp³-hybridized carbons (Fsp3) is 0.500. The lowest BCUT2D eigenvalue weighted by Gasteiger charge is -2.16. The third-order valence-corrected chi connectivity index (χ3v) is 6.67. The molecular formula is C18H22FN7O2S. The Bertz CT molecular complexity index is 921. The van der Waals surface area contributed by atoms with Crippen LogP contribution in [0.3, 0.4) is 0 Å². The Kier molecular flexibility index (Phi) is 5.65. The summed E-state index contributed by atoms with van der Waals surface area (Å²) >= 11 is 1.87. The Hall–Kier alpha value is -2.69. The summed E-state index contributed by atoms with van der Waals surface area (Å²) in [5.74, 6) is 0.790. The summed E-state index contributed by atoms with van der Waals surface area (Å²) in [6.07, 6.45) is 3.00. The maximum Gasteiger partial charge on any atom is 0.315 e.